The van der Waals surface area contributed by atoms with Gasteiger partial charge in [0.1, 0.15) is 5.75 Å². The van der Waals surface area contributed by atoms with E-state index in [4.69, 9.17) is 10.5 Å². The second-order valence-corrected chi connectivity index (χ2v) is 4.46. The maximum atomic E-state index is 11.9. The predicted octanol–water partition coefficient (Wildman–Crippen LogP) is 0.520. The standard InChI is InChI=1S/C13H17N3O3.ClH/c14-12(17)8-19-11-3-1-10(2-4-11)16-13(18)9-5-6-15-7-9;/h1-4,9,15H,5-8H2,(H2,14,17)(H,16,18);1H. The molecule has 1 aromatic carbocycles. The van der Waals surface area contributed by atoms with Gasteiger partial charge in [-0.05, 0) is 37.2 Å². The number of carbonyl (C=O) groups is 2. The molecule has 0 aromatic heterocycles. The summed E-state index contributed by atoms with van der Waals surface area (Å²) in [5.41, 5.74) is 5.69. The van der Waals surface area contributed by atoms with Gasteiger partial charge in [0.25, 0.3) is 5.91 Å². The Morgan fingerprint density at radius 2 is 2.05 bits per heavy atom. The normalized spacial score (nSPS) is 17.1. The van der Waals surface area contributed by atoms with E-state index < -0.39 is 5.91 Å². The van der Waals surface area contributed by atoms with Gasteiger partial charge in [-0.3, -0.25) is 9.59 Å². The second-order valence-electron chi connectivity index (χ2n) is 4.46. The van der Waals surface area contributed by atoms with Gasteiger partial charge in [-0.2, -0.15) is 0 Å². The first-order chi connectivity index (χ1) is 9.15. The maximum absolute atomic E-state index is 11.9. The lowest BCUT2D eigenvalue weighted by molar-refractivity contribution is -0.120. The third kappa shape index (κ3) is 4.71. The number of amides is 2. The molecule has 1 saturated heterocycles. The lowest BCUT2D eigenvalue weighted by atomic mass is 10.1. The Balaban J connectivity index is 0.00000200. The fourth-order valence-corrected chi connectivity index (χ4v) is 1.91. The molecule has 110 valence electrons. The summed E-state index contributed by atoms with van der Waals surface area (Å²) in [5.74, 6) is 0.0760. The highest BCUT2D eigenvalue weighted by atomic mass is 35.5. The van der Waals surface area contributed by atoms with Crippen LogP contribution in [-0.4, -0.2) is 31.5 Å². The van der Waals surface area contributed by atoms with Gasteiger partial charge in [-0.1, -0.05) is 0 Å². The lowest BCUT2D eigenvalue weighted by Gasteiger charge is -2.10. The SMILES string of the molecule is Cl.NC(=O)COc1ccc(NC(=O)C2CCNC2)cc1. The number of hydrogen-bond donors (Lipinski definition) is 3. The summed E-state index contributed by atoms with van der Waals surface area (Å²) in [6, 6.07) is 6.84. The lowest BCUT2D eigenvalue weighted by Crippen LogP contribution is -2.24. The van der Waals surface area contributed by atoms with Crippen molar-refractivity contribution in [1.82, 2.24) is 5.32 Å². The topological polar surface area (TPSA) is 93.5 Å². The smallest absolute Gasteiger partial charge is 0.255 e. The van der Waals surface area contributed by atoms with Crippen molar-refractivity contribution in [1.29, 1.82) is 0 Å². The maximum Gasteiger partial charge on any atom is 0.255 e. The summed E-state index contributed by atoms with van der Waals surface area (Å²) in [5, 5.41) is 6.00. The molecule has 20 heavy (non-hydrogen) atoms. The van der Waals surface area contributed by atoms with Crippen LogP contribution in [0.4, 0.5) is 5.69 Å². The molecule has 0 saturated carbocycles. The van der Waals surface area contributed by atoms with Crippen molar-refractivity contribution < 1.29 is 14.3 Å². The molecule has 1 aromatic rings. The summed E-state index contributed by atoms with van der Waals surface area (Å²) in [4.78, 5) is 22.4. The zero-order chi connectivity index (χ0) is 13.7. The van der Waals surface area contributed by atoms with Crippen LogP contribution in [0.1, 0.15) is 6.42 Å². The number of nitrogens with two attached hydrogens (primary N) is 1. The molecule has 0 aliphatic carbocycles. The first-order valence-electron chi connectivity index (χ1n) is 6.18. The monoisotopic (exact) mass is 299 g/mol. The molecular weight excluding hydrogens is 282 g/mol. The first-order valence-corrected chi connectivity index (χ1v) is 6.18. The fourth-order valence-electron chi connectivity index (χ4n) is 1.91. The number of hydrogen-bond acceptors (Lipinski definition) is 4. The van der Waals surface area contributed by atoms with Crippen LogP contribution >= 0.6 is 12.4 Å². The van der Waals surface area contributed by atoms with E-state index in [1.54, 1.807) is 24.3 Å². The second kappa shape index (κ2) is 7.72. The van der Waals surface area contributed by atoms with E-state index >= 15 is 0 Å². The molecule has 7 heteroatoms. The average molecular weight is 300 g/mol. The van der Waals surface area contributed by atoms with Gasteiger partial charge in [0, 0.05) is 12.2 Å². The highest BCUT2D eigenvalue weighted by Gasteiger charge is 2.22. The number of rotatable bonds is 5. The molecule has 2 amide bonds. The zero-order valence-electron chi connectivity index (χ0n) is 10.9. The first kappa shape index (κ1) is 16.3. The Labute approximate surface area is 123 Å². The average Bonchev–Trinajstić information content (AvgIpc) is 2.92. The van der Waals surface area contributed by atoms with Crippen molar-refractivity contribution >= 4 is 29.9 Å². The van der Waals surface area contributed by atoms with Gasteiger partial charge in [-0.15, -0.1) is 12.4 Å². The number of ether oxygens (including phenoxy) is 1. The molecule has 1 aliphatic heterocycles. The van der Waals surface area contributed by atoms with Gasteiger partial charge < -0.3 is 21.1 Å². The highest BCUT2D eigenvalue weighted by molar-refractivity contribution is 5.92. The minimum atomic E-state index is -0.522. The number of carbonyl (C=O) groups excluding carboxylic acids is 2. The number of nitrogens with one attached hydrogen (secondary N) is 2. The third-order valence-electron chi connectivity index (χ3n) is 2.93. The molecule has 0 spiro atoms. The molecule has 6 nitrogen and oxygen atoms in total. The van der Waals surface area contributed by atoms with E-state index in [0.29, 0.717) is 11.4 Å². The van der Waals surface area contributed by atoms with Gasteiger partial charge >= 0.3 is 0 Å². The van der Waals surface area contributed by atoms with Crippen LogP contribution in [0.25, 0.3) is 0 Å². The Morgan fingerprint density at radius 3 is 2.60 bits per heavy atom. The molecule has 2 rings (SSSR count). The zero-order valence-corrected chi connectivity index (χ0v) is 11.7. The van der Waals surface area contributed by atoms with Gasteiger partial charge in [0.05, 0.1) is 5.92 Å². The summed E-state index contributed by atoms with van der Waals surface area (Å²) in [6.07, 6.45) is 0.867. The van der Waals surface area contributed by atoms with Gasteiger partial charge in [0.2, 0.25) is 5.91 Å². The summed E-state index contributed by atoms with van der Waals surface area (Å²) in [6.45, 7) is 1.46. The summed E-state index contributed by atoms with van der Waals surface area (Å²) in [7, 11) is 0. The van der Waals surface area contributed by atoms with Crippen molar-refractivity contribution in [3.63, 3.8) is 0 Å². The molecular formula is C13H18ClN3O3. The van der Waals surface area contributed by atoms with Crippen LogP contribution in [0.15, 0.2) is 24.3 Å². The molecule has 1 heterocycles. The van der Waals surface area contributed by atoms with Crippen LogP contribution in [0.5, 0.6) is 5.75 Å². The highest BCUT2D eigenvalue weighted by Crippen LogP contribution is 2.17. The van der Waals surface area contributed by atoms with Crippen LogP contribution in [0, 0.1) is 5.92 Å². The molecule has 0 bridgehead atoms. The van der Waals surface area contributed by atoms with Crippen molar-refractivity contribution in [2.75, 3.05) is 25.0 Å². The molecule has 1 atom stereocenters. The van der Waals surface area contributed by atoms with Gasteiger partial charge in [-0.25, -0.2) is 0 Å². The molecule has 0 radical (unpaired) electrons. The van der Waals surface area contributed by atoms with Crippen LogP contribution in [-0.2, 0) is 9.59 Å². The Kier molecular flexibility index (Phi) is 6.27. The van der Waals surface area contributed by atoms with Crippen LogP contribution in [0.2, 0.25) is 0 Å². The van der Waals surface area contributed by atoms with Crippen LogP contribution < -0.4 is 21.1 Å². The Morgan fingerprint density at radius 1 is 1.35 bits per heavy atom. The van der Waals surface area contributed by atoms with Crippen molar-refractivity contribution in [2.45, 2.75) is 6.42 Å². The van der Waals surface area contributed by atoms with E-state index in [2.05, 4.69) is 10.6 Å². The molecule has 1 aliphatic rings. The van der Waals surface area contributed by atoms with E-state index in [-0.39, 0.29) is 30.8 Å². The van der Waals surface area contributed by atoms with Crippen LogP contribution in [0.3, 0.4) is 0 Å². The van der Waals surface area contributed by atoms with E-state index in [9.17, 15) is 9.59 Å². The molecule has 4 N–H and O–H groups in total. The number of halogens is 1. The molecule has 1 unspecified atom stereocenters. The third-order valence-corrected chi connectivity index (χ3v) is 2.93. The van der Waals surface area contributed by atoms with Gasteiger partial charge in [0.15, 0.2) is 6.61 Å². The van der Waals surface area contributed by atoms with E-state index in [1.165, 1.54) is 0 Å². The van der Waals surface area contributed by atoms with E-state index in [0.717, 1.165) is 19.5 Å². The summed E-state index contributed by atoms with van der Waals surface area (Å²) < 4.78 is 5.13. The molecule has 1 fully saturated rings. The van der Waals surface area contributed by atoms with Crippen molar-refractivity contribution in [3.05, 3.63) is 24.3 Å². The predicted molar refractivity (Wildman–Crippen MR) is 78.0 cm³/mol. The quantitative estimate of drug-likeness (QED) is 0.739. The largest absolute Gasteiger partial charge is 0.484 e. The minimum Gasteiger partial charge on any atom is -0.484 e. The minimum absolute atomic E-state index is 0. The number of anilines is 1. The number of benzene rings is 1. The number of primary amides is 1. The van der Waals surface area contributed by atoms with Crippen molar-refractivity contribution in [2.24, 2.45) is 11.7 Å². The Bertz CT molecular complexity index is 458. The summed E-state index contributed by atoms with van der Waals surface area (Å²) >= 11 is 0. The Hall–Kier alpha value is -1.79. The van der Waals surface area contributed by atoms with E-state index in [1.807, 2.05) is 0 Å². The van der Waals surface area contributed by atoms with Crippen molar-refractivity contribution in [3.8, 4) is 5.75 Å². The fraction of sp³-hybridized carbons (Fsp3) is 0.385.